The second-order valence-corrected chi connectivity index (χ2v) is 12.3. The summed E-state index contributed by atoms with van der Waals surface area (Å²) in [6, 6.07) is 18.9. The van der Waals surface area contributed by atoms with Crippen molar-refractivity contribution in [2.75, 3.05) is 33.9 Å². The number of esters is 1. The molecule has 0 spiro atoms. The molecule has 0 saturated carbocycles. The normalized spacial score (nSPS) is 12.3. The van der Waals surface area contributed by atoms with E-state index in [1.807, 2.05) is 13.0 Å². The Labute approximate surface area is 246 Å². The van der Waals surface area contributed by atoms with Crippen LogP contribution in [0.2, 0.25) is 0 Å². The molecule has 0 radical (unpaired) electrons. The second kappa shape index (κ2) is 20.5. The number of hydrogen-bond acceptors (Lipinski definition) is 3. The average molecular weight is 553 g/mol. The minimum atomic E-state index is -0.127. The second-order valence-electron chi connectivity index (χ2n) is 12.3. The minimum absolute atomic E-state index is 0.0995. The van der Waals surface area contributed by atoms with Crippen molar-refractivity contribution >= 4 is 5.97 Å². The van der Waals surface area contributed by atoms with Gasteiger partial charge in [-0.2, -0.15) is 0 Å². The van der Waals surface area contributed by atoms with Gasteiger partial charge in [0.25, 0.3) is 0 Å². The Morgan fingerprint density at radius 3 is 1.98 bits per heavy atom. The summed E-state index contributed by atoms with van der Waals surface area (Å²) >= 11 is 0. The van der Waals surface area contributed by atoms with Gasteiger partial charge in [0.1, 0.15) is 18.2 Å². The SMILES string of the molecule is CCCCCCCCCCCCCc1ccccc1OCCCCOC(=O)C(C)C[N+](C)(C)Cc1ccccc1. The van der Waals surface area contributed by atoms with E-state index in [1.165, 1.54) is 81.8 Å². The Kier molecular flexibility index (Phi) is 17.4. The van der Waals surface area contributed by atoms with Crippen molar-refractivity contribution in [1.82, 2.24) is 0 Å². The van der Waals surface area contributed by atoms with Crippen LogP contribution in [0.3, 0.4) is 0 Å². The Morgan fingerprint density at radius 2 is 1.30 bits per heavy atom. The lowest BCUT2D eigenvalue weighted by Gasteiger charge is -2.31. The van der Waals surface area contributed by atoms with Gasteiger partial charge in [-0.05, 0) is 44.2 Å². The van der Waals surface area contributed by atoms with E-state index < -0.39 is 0 Å². The Bertz CT molecular complexity index is 911. The maximum absolute atomic E-state index is 12.6. The molecule has 40 heavy (non-hydrogen) atoms. The standard InChI is InChI=1S/C36H58NO3/c1-5-6-7-8-9-10-11-12-13-14-18-25-34-26-19-20-27-35(34)39-28-21-22-29-40-36(38)32(2)30-37(3,4)31-33-23-16-15-17-24-33/h15-17,19-20,23-24,26-27,32H,5-14,18,21-22,25,28-31H2,1-4H3/q+1. The van der Waals surface area contributed by atoms with Crippen LogP contribution < -0.4 is 4.74 Å². The molecule has 0 bridgehead atoms. The zero-order valence-electron chi connectivity index (χ0n) is 26.2. The maximum Gasteiger partial charge on any atom is 0.314 e. The molecule has 0 aliphatic heterocycles. The molecule has 0 saturated heterocycles. The van der Waals surface area contributed by atoms with E-state index in [4.69, 9.17) is 9.47 Å². The molecular weight excluding hydrogens is 494 g/mol. The third-order valence-electron chi connectivity index (χ3n) is 7.69. The van der Waals surface area contributed by atoms with Gasteiger partial charge in [-0.1, -0.05) is 120 Å². The number of ether oxygens (including phenoxy) is 2. The van der Waals surface area contributed by atoms with Gasteiger partial charge in [-0.3, -0.25) is 4.79 Å². The molecule has 0 N–H and O–H groups in total. The molecular formula is C36H58NO3+. The molecule has 2 aromatic carbocycles. The van der Waals surface area contributed by atoms with Crippen molar-refractivity contribution in [3.63, 3.8) is 0 Å². The molecule has 0 aliphatic carbocycles. The predicted octanol–water partition coefficient (Wildman–Crippen LogP) is 9.16. The summed E-state index contributed by atoms with van der Waals surface area (Å²) in [5, 5.41) is 0. The molecule has 0 fully saturated rings. The summed E-state index contributed by atoms with van der Waals surface area (Å²) in [5.41, 5.74) is 2.60. The number of aryl methyl sites for hydroxylation is 1. The van der Waals surface area contributed by atoms with Crippen LogP contribution in [0.4, 0.5) is 0 Å². The highest BCUT2D eigenvalue weighted by atomic mass is 16.5. The van der Waals surface area contributed by atoms with Crippen molar-refractivity contribution in [3.05, 3.63) is 65.7 Å². The van der Waals surface area contributed by atoms with Crippen molar-refractivity contribution in [1.29, 1.82) is 0 Å². The number of carbonyl (C=O) groups excluding carboxylic acids is 1. The van der Waals surface area contributed by atoms with E-state index in [9.17, 15) is 4.79 Å². The molecule has 0 aliphatic rings. The Hall–Kier alpha value is -2.33. The van der Waals surface area contributed by atoms with Gasteiger partial charge in [-0.15, -0.1) is 0 Å². The van der Waals surface area contributed by atoms with Crippen LogP contribution in [0.1, 0.15) is 108 Å². The van der Waals surface area contributed by atoms with Crippen LogP contribution in [0.5, 0.6) is 5.75 Å². The van der Waals surface area contributed by atoms with Crippen LogP contribution >= 0.6 is 0 Å². The van der Waals surface area contributed by atoms with Crippen LogP contribution in [0.25, 0.3) is 0 Å². The molecule has 0 aromatic heterocycles. The number of benzene rings is 2. The van der Waals surface area contributed by atoms with Gasteiger partial charge < -0.3 is 14.0 Å². The third kappa shape index (κ3) is 15.5. The van der Waals surface area contributed by atoms with E-state index in [1.54, 1.807) is 0 Å². The van der Waals surface area contributed by atoms with E-state index in [2.05, 4.69) is 69.6 Å². The van der Waals surface area contributed by atoms with Crippen LogP contribution in [-0.2, 0) is 22.5 Å². The minimum Gasteiger partial charge on any atom is -0.493 e. The van der Waals surface area contributed by atoms with Crippen molar-refractivity contribution in [2.24, 2.45) is 5.92 Å². The van der Waals surface area contributed by atoms with E-state index in [-0.39, 0.29) is 11.9 Å². The lowest BCUT2D eigenvalue weighted by atomic mass is 10.0. The van der Waals surface area contributed by atoms with Crippen molar-refractivity contribution < 1.29 is 18.8 Å². The molecule has 224 valence electrons. The van der Waals surface area contributed by atoms with E-state index >= 15 is 0 Å². The molecule has 4 nitrogen and oxygen atoms in total. The first-order valence-corrected chi connectivity index (χ1v) is 16.1. The lowest BCUT2D eigenvalue weighted by Crippen LogP contribution is -2.44. The summed E-state index contributed by atoms with van der Waals surface area (Å²) in [7, 11) is 4.34. The zero-order valence-corrected chi connectivity index (χ0v) is 26.2. The Balaban J connectivity index is 1.54. The van der Waals surface area contributed by atoms with Gasteiger partial charge in [0.05, 0.1) is 33.9 Å². The van der Waals surface area contributed by atoms with Gasteiger partial charge in [0.2, 0.25) is 0 Å². The van der Waals surface area contributed by atoms with Crippen molar-refractivity contribution in [3.8, 4) is 5.75 Å². The van der Waals surface area contributed by atoms with E-state index in [0.717, 1.165) is 42.6 Å². The number of carbonyl (C=O) groups is 1. The smallest absolute Gasteiger partial charge is 0.314 e. The van der Waals surface area contributed by atoms with E-state index in [0.29, 0.717) is 13.2 Å². The molecule has 1 unspecified atom stereocenters. The fourth-order valence-electron chi connectivity index (χ4n) is 5.49. The molecule has 2 rings (SSSR count). The number of unbranched alkanes of at least 4 members (excludes halogenated alkanes) is 11. The quantitative estimate of drug-likeness (QED) is 0.0783. The number of nitrogens with zero attached hydrogens (tertiary/aromatic N) is 1. The van der Waals surface area contributed by atoms with Crippen molar-refractivity contribution in [2.45, 2.75) is 110 Å². The highest BCUT2D eigenvalue weighted by molar-refractivity contribution is 5.72. The molecule has 0 amide bonds. The maximum atomic E-state index is 12.6. The Morgan fingerprint density at radius 1 is 0.725 bits per heavy atom. The highest BCUT2D eigenvalue weighted by Crippen LogP contribution is 2.21. The topological polar surface area (TPSA) is 35.5 Å². The van der Waals surface area contributed by atoms with Gasteiger partial charge >= 0.3 is 5.97 Å². The summed E-state index contributed by atoms with van der Waals surface area (Å²) in [6.07, 6.45) is 17.8. The number of rotatable bonds is 23. The van der Waals surface area contributed by atoms with Gasteiger partial charge in [0, 0.05) is 5.56 Å². The zero-order chi connectivity index (χ0) is 28.9. The summed E-state index contributed by atoms with van der Waals surface area (Å²) in [5.74, 6) is 0.786. The fourth-order valence-corrected chi connectivity index (χ4v) is 5.49. The summed E-state index contributed by atoms with van der Waals surface area (Å²) < 4.78 is 12.5. The first-order valence-electron chi connectivity index (χ1n) is 16.1. The number of para-hydroxylation sites is 1. The fraction of sp³-hybridized carbons (Fsp3) is 0.639. The number of hydrogen-bond donors (Lipinski definition) is 0. The van der Waals surface area contributed by atoms with Crippen LogP contribution in [-0.4, -0.2) is 44.3 Å². The van der Waals surface area contributed by atoms with Crippen LogP contribution in [0.15, 0.2) is 54.6 Å². The number of quaternary nitrogens is 1. The monoisotopic (exact) mass is 552 g/mol. The van der Waals surface area contributed by atoms with Gasteiger partial charge in [0.15, 0.2) is 0 Å². The molecule has 1 atom stereocenters. The molecule has 4 heteroatoms. The third-order valence-corrected chi connectivity index (χ3v) is 7.69. The first-order chi connectivity index (χ1) is 19.4. The molecule has 0 heterocycles. The highest BCUT2D eigenvalue weighted by Gasteiger charge is 2.25. The van der Waals surface area contributed by atoms with Crippen LogP contribution in [0, 0.1) is 5.92 Å². The lowest BCUT2D eigenvalue weighted by molar-refractivity contribution is -0.905. The first kappa shape index (κ1) is 33.9. The summed E-state index contributed by atoms with van der Waals surface area (Å²) in [6.45, 7) is 7.03. The van der Waals surface area contributed by atoms with Gasteiger partial charge in [-0.25, -0.2) is 0 Å². The predicted molar refractivity (Wildman–Crippen MR) is 169 cm³/mol. The largest absolute Gasteiger partial charge is 0.493 e. The molecule has 2 aromatic rings. The average Bonchev–Trinajstić information content (AvgIpc) is 2.94. The summed E-state index contributed by atoms with van der Waals surface area (Å²) in [4.78, 5) is 12.6.